The topological polar surface area (TPSA) is 0 Å². The number of rotatable bonds is 3. The highest BCUT2D eigenvalue weighted by atomic mass is 127. The summed E-state index contributed by atoms with van der Waals surface area (Å²) in [6.07, 6.45) is 3.83. The van der Waals surface area contributed by atoms with E-state index in [2.05, 4.69) is 51.5 Å². The molecule has 0 aliphatic heterocycles. The number of halogens is 2. The second-order valence-electron chi connectivity index (χ2n) is 2.44. The SMILES string of the molecule is CCCCc1cc(Br)c(I)s1. The molecule has 0 nitrogen and oxygen atoms in total. The van der Waals surface area contributed by atoms with Crippen molar-refractivity contribution in [2.75, 3.05) is 0 Å². The predicted octanol–water partition coefficient (Wildman–Crippen LogP) is 4.46. The van der Waals surface area contributed by atoms with Crippen LogP contribution < -0.4 is 0 Å². The molecule has 11 heavy (non-hydrogen) atoms. The van der Waals surface area contributed by atoms with Crippen LogP contribution in [0.3, 0.4) is 0 Å². The van der Waals surface area contributed by atoms with E-state index in [1.807, 2.05) is 11.3 Å². The summed E-state index contributed by atoms with van der Waals surface area (Å²) in [6.45, 7) is 2.23. The summed E-state index contributed by atoms with van der Waals surface area (Å²) in [7, 11) is 0. The lowest BCUT2D eigenvalue weighted by molar-refractivity contribution is 0.804. The number of hydrogen-bond donors (Lipinski definition) is 0. The van der Waals surface area contributed by atoms with E-state index >= 15 is 0 Å². The van der Waals surface area contributed by atoms with Gasteiger partial charge in [-0.15, -0.1) is 11.3 Å². The van der Waals surface area contributed by atoms with Gasteiger partial charge >= 0.3 is 0 Å². The lowest BCUT2D eigenvalue weighted by Crippen LogP contribution is -1.76. The van der Waals surface area contributed by atoms with Crippen LogP contribution in [0.5, 0.6) is 0 Å². The van der Waals surface area contributed by atoms with E-state index in [1.54, 1.807) is 0 Å². The number of hydrogen-bond acceptors (Lipinski definition) is 1. The molecule has 0 bridgehead atoms. The van der Waals surface area contributed by atoms with Crippen molar-refractivity contribution in [1.82, 2.24) is 0 Å². The average Bonchev–Trinajstić information content (AvgIpc) is 2.28. The molecule has 0 aliphatic carbocycles. The maximum atomic E-state index is 3.51. The zero-order valence-corrected chi connectivity index (χ0v) is 10.9. The summed E-state index contributed by atoms with van der Waals surface area (Å²) >= 11 is 7.77. The van der Waals surface area contributed by atoms with Crippen LogP contribution in [0.25, 0.3) is 0 Å². The Hall–Kier alpha value is 0.910. The van der Waals surface area contributed by atoms with E-state index in [0.717, 1.165) is 0 Å². The van der Waals surface area contributed by atoms with Gasteiger partial charge in [0.2, 0.25) is 0 Å². The van der Waals surface area contributed by atoms with Gasteiger partial charge in [-0.2, -0.15) is 0 Å². The van der Waals surface area contributed by atoms with E-state index in [4.69, 9.17) is 0 Å². The summed E-state index contributed by atoms with van der Waals surface area (Å²) in [5, 5.41) is 0. The average molecular weight is 345 g/mol. The van der Waals surface area contributed by atoms with Gasteiger partial charge in [0.1, 0.15) is 0 Å². The fourth-order valence-electron chi connectivity index (χ4n) is 0.866. The van der Waals surface area contributed by atoms with Crippen molar-refractivity contribution in [2.45, 2.75) is 26.2 Å². The van der Waals surface area contributed by atoms with Crippen LogP contribution in [0.1, 0.15) is 24.6 Å². The van der Waals surface area contributed by atoms with Crippen LogP contribution in [0.2, 0.25) is 0 Å². The van der Waals surface area contributed by atoms with E-state index in [0.29, 0.717) is 0 Å². The van der Waals surface area contributed by atoms with Crippen LogP contribution >= 0.6 is 49.9 Å². The highest BCUT2D eigenvalue weighted by Crippen LogP contribution is 2.29. The second kappa shape index (κ2) is 4.82. The molecule has 1 rings (SSSR count). The monoisotopic (exact) mass is 344 g/mol. The molecular weight excluding hydrogens is 335 g/mol. The van der Waals surface area contributed by atoms with Crippen LogP contribution in [-0.2, 0) is 6.42 Å². The van der Waals surface area contributed by atoms with Crippen LogP contribution in [-0.4, -0.2) is 0 Å². The third-order valence-corrected chi connectivity index (χ3v) is 5.33. The van der Waals surface area contributed by atoms with Gasteiger partial charge < -0.3 is 0 Å². The Balaban J connectivity index is 2.58. The second-order valence-corrected chi connectivity index (χ2v) is 6.24. The predicted molar refractivity (Wildman–Crippen MR) is 63.3 cm³/mol. The first-order valence-corrected chi connectivity index (χ1v) is 6.36. The summed E-state index contributed by atoms with van der Waals surface area (Å²) in [6, 6.07) is 2.24. The zero-order chi connectivity index (χ0) is 8.27. The largest absolute Gasteiger partial charge is 0.133 e. The van der Waals surface area contributed by atoms with E-state index in [1.165, 1.54) is 31.5 Å². The molecule has 1 heterocycles. The Morgan fingerprint density at radius 1 is 1.64 bits per heavy atom. The van der Waals surface area contributed by atoms with Crippen LogP contribution in [0, 0.1) is 2.88 Å². The Kier molecular flexibility index (Phi) is 4.38. The molecule has 1 aromatic rings. The Labute approximate surface area is 93.7 Å². The molecule has 0 N–H and O–H groups in total. The molecule has 0 saturated heterocycles. The molecule has 0 saturated carbocycles. The van der Waals surface area contributed by atoms with Gasteiger partial charge in [-0.1, -0.05) is 13.3 Å². The standard InChI is InChI=1S/C8H10BrIS/c1-2-3-4-6-5-7(9)8(10)11-6/h5H,2-4H2,1H3. The highest BCUT2D eigenvalue weighted by Gasteiger charge is 2.02. The molecule has 0 unspecified atom stereocenters. The molecule has 3 heteroatoms. The van der Waals surface area contributed by atoms with Crippen molar-refractivity contribution in [1.29, 1.82) is 0 Å². The summed E-state index contributed by atoms with van der Waals surface area (Å²) in [5.74, 6) is 0. The number of thiophene rings is 1. The normalized spacial score (nSPS) is 10.5. The third kappa shape index (κ3) is 3.03. The molecule has 0 radical (unpaired) electrons. The van der Waals surface area contributed by atoms with Crippen molar-refractivity contribution < 1.29 is 0 Å². The van der Waals surface area contributed by atoms with Crippen molar-refractivity contribution in [3.63, 3.8) is 0 Å². The molecule has 0 atom stereocenters. The van der Waals surface area contributed by atoms with Crippen molar-refractivity contribution >= 4 is 49.9 Å². The fraction of sp³-hybridized carbons (Fsp3) is 0.500. The number of aryl methyl sites for hydroxylation is 1. The summed E-state index contributed by atoms with van der Waals surface area (Å²) < 4.78 is 2.63. The smallest absolute Gasteiger partial charge is 0.0798 e. The zero-order valence-electron chi connectivity index (χ0n) is 6.36. The van der Waals surface area contributed by atoms with Gasteiger partial charge in [-0.05, 0) is 57.4 Å². The van der Waals surface area contributed by atoms with Gasteiger partial charge in [-0.3, -0.25) is 0 Å². The minimum absolute atomic E-state index is 1.24. The minimum atomic E-state index is 1.24. The fourth-order valence-corrected chi connectivity index (χ4v) is 3.35. The van der Waals surface area contributed by atoms with Gasteiger partial charge in [0, 0.05) is 9.35 Å². The number of unbranched alkanes of at least 4 members (excludes halogenated alkanes) is 1. The van der Waals surface area contributed by atoms with E-state index in [9.17, 15) is 0 Å². The Bertz CT molecular complexity index is 212. The lowest BCUT2D eigenvalue weighted by Gasteiger charge is -1.90. The van der Waals surface area contributed by atoms with Gasteiger partial charge in [0.15, 0.2) is 0 Å². The summed E-state index contributed by atoms with van der Waals surface area (Å²) in [4.78, 5) is 1.50. The molecule has 62 valence electrons. The molecule has 0 spiro atoms. The van der Waals surface area contributed by atoms with Crippen LogP contribution in [0.15, 0.2) is 10.5 Å². The Morgan fingerprint density at radius 2 is 2.36 bits per heavy atom. The van der Waals surface area contributed by atoms with Gasteiger partial charge in [-0.25, -0.2) is 0 Å². The Morgan fingerprint density at radius 3 is 2.82 bits per heavy atom. The van der Waals surface area contributed by atoms with Gasteiger partial charge in [0.25, 0.3) is 0 Å². The molecule has 0 aromatic carbocycles. The van der Waals surface area contributed by atoms with Crippen molar-refractivity contribution in [3.8, 4) is 0 Å². The lowest BCUT2D eigenvalue weighted by atomic mass is 10.2. The quantitative estimate of drug-likeness (QED) is 0.710. The van der Waals surface area contributed by atoms with Gasteiger partial charge in [0.05, 0.1) is 2.88 Å². The molecule has 1 aromatic heterocycles. The summed E-state index contributed by atoms with van der Waals surface area (Å²) in [5.41, 5.74) is 0. The van der Waals surface area contributed by atoms with E-state index < -0.39 is 0 Å². The van der Waals surface area contributed by atoms with Crippen molar-refractivity contribution in [2.24, 2.45) is 0 Å². The first-order chi connectivity index (χ1) is 5.24. The molecule has 0 amide bonds. The van der Waals surface area contributed by atoms with Crippen LogP contribution in [0.4, 0.5) is 0 Å². The highest BCUT2D eigenvalue weighted by molar-refractivity contribution is 14.1. The third-order valence-electron chi connectivity index (χ3n) is 1.47. The van der Waals surface area contributed by atoms with E-state index in [-0.39, 0.29) is 0 Å². The first-order valence-electron chi connectivity index (χ1n) is 3.67. The molecule has 0 aliphatic rings. The maximum Gasteiger partial charge on any atom is 0.0798 e. The minimum Gasteiger partial charge on any atom is -0.133 e. The van der Waals surface area contributed by atoms with Crippen molar-refractivity contribution in [3.05, 3.63) is 18.3 Å². The first kappa shape index (κ1) is 9.99. The molecular formula is C8H10BrIS. The maximum absolute atomic E-state index is 3.51. The molecule has 0 fully saturated rings.